The lowest BCUT2D eigenvalue weighted by molar-refractivity contribution is -0.129. The molecule has 3 rings (SSSR count). The largest absolute Gasteiger partial charge is 0.388 e. The van der Waals surface area contributed by atoms with Gasteiger partial charge in [0.05, 0.1) is 11.7 Å². The van der Waals surface area contributed by atoms with Crippen molar-refractivity contribution in [3.05, 3.63) is 53.1 Å². The molecule has 0 saturated carbocycles. The van der Waals surface area contributed by atoms with E-state index in [1.165, 1.54) is 0 Å². The number of likely N-dealkylation sites (tertiary alicyclic amines) is 1. The van der Waals surface area contributed by atoms with Gasteiger partial charge in [-0.3, -0.25) is 14.6 Å². The van der Waals surface area contributed by atoms with E-state index in [0.717, 1.165) is 16.9 Å². The Morgan fingerprint density at radius 1 is 1.38 bits per heavy atom. The number of rotatable bonds is 8. The maximum Gasteiger partial charge on any atom is 0.271 e. The van der Waals surface area contributed by atoms with Gasteiger partial charge in [0.25, 0.3) is 5.56 Å². The van der Waals surface area contributed by atoms with Crippen LogP contribution in [-0.2, 0) is 4.79 Å². The topological polar surface area (TPSA) is 102 Å². The molecule has 8 nitrogen and oxygen atoms in total. The summed E-state index contributed by atoms with van der Waals surface area (Å²) in [7, 11) is 1.85. The SMILES string of the molecule is CNc1ccnc(-c2c[nH]c(=O)c(NC3CN(C(=O)C=CCNC(C)C)C3)c2)c1. The molecule has 0 radical (unpaired) electrons. The van der Waals surface area contributed by atoms with Crippen molar-refractivity contribution in [2.45, 2.75) is 25.9 Å². The number of hydrogen-bond acceptors (Lipinski definition) is 6. The average Bonchev–Trinajstić information content (AvgIpc) is 2.68. The lowest BCUT2D eigenvalue weighted by Gasteiger charge is -2.39. The van der Waals surface area contributed by atoms with E-state index >= 15 is 0 Å². The predicted molar refractivity (Wildman–Crippen MR) is 116 cm³/mol. The molecule has 0 bridgehead atoms. The maximum atomic E-state index is 12.2. The highest BCUT2D eigenvalue weighted by molar-refractivity contribution is 5.88. The van der Waals surface area contributed by atoms with Crippen LogP contribution in [0, 0.1) is 0 Å². The number of pyridine rings is 2. The van der Waals surface area contributed by atoms with Crippen LogP contribution in [0.15, 0.2) is 47.5 Å². The van der Waals surface area contributed by atoms with Gasteiger partial charge in [0.1, 0.15) is 5.69 Å². The number of hydrogen-bond donors (Lipinski definition) is 4. The Hall–Kier alpha value is -3.13. The van der Waals surface area contributed by atoms with Gasteiger partial charge in [-0.05, 0) is 18.2 Å². The van der Waals surface area contributed by atoms with Gasteiger partial charge in [0.15, 0.2) is 0 Å². The van der Waals surface area contributed by atoms with Gasteiger partial charge in [0, 0.05) is 62.4 Å². The first-order valence-corrected chi connectivity index (χ1v) is 9.78. The molecule has 1 fully saturated rings. The molecule has 2 aromatic heterocycles. The maximum absolute atomic E-state index is 12.2. The lowest BCUT2D eigenvalue weighted by Crippen LogP contribution is -2.57. The summed E-state index contributed by atoms with van der Waals surface area (Å²) in [5, 5.41) is 9.55. The van der Waals surface area contributed by atoms with Gasteiger partial charge >= 0.3 is 0 Å². The van der Waals surface area contributed by atoms with Crippen molar-refractivity contribution in [2.24, 2.45) is 0 Å². The van der Waals surface area contributed by atoms with E-state index in [0.29, 0.717) is 31.4 Å². The summed E-state index contributed by atoms with van der Waals surface area (Å²) in [5.74, 6) is -0.00986. The molecule has 0 atom stereocenters. The highest BCUT2D eigenvalue weighted by Gasteiger charge is 2.29. The summed E-state index contributed by atoms with van der Waals surface area (Å²) in [5.41, 5.74) is 2.81. The summed E-state index contributed by atoms with van der Waals surface area (Å²) in [6.45, 7) is 5.93. The van der Waals surface area contributed by atoms with Crippen LogP contribution in [0.2, 0.25) is 0 Å². The van der Waals surface area contributed by atoms with E-state index in [4.69, 9.17) is 0 Å². The second-order valence-corrected chi connectivity index (χ2v) is 7.36. The number of H-pyrrole nitrogens is 1. The summed E-state index contributed by atoms with van der Waals surface area (Å²) in [6.07, 6.45) is 6.81. The molecule has 1 saturated heterocycles. The molecule has 29 heavy (non-hydrogen) atoms. The summed E-state index contributed by atoms with van der Waals surface area (Å²) in [4.78, 5) is 33.2. The van der Waals surface area contributed by atoms with E-state index in [-0.39, 0.29) is 17.5 Å². The molecule has 8 heteroatoms. The fraction of sp³-hybridized carbons (Fsp3) is 0.381. The Morgan fingerprint density at radius 3 is 2.90 bits per heavy atom. The minimum atomic E-state index is -0.192. The molecular formula is C21H28N6O2. The number of nitrogens with zero attached hydrogens (tertiary/aromatic N) is 2. The molecule has 3 heterocycles. The monoisotopic (exact) mass is 396 g/mol. The van der Waals surface area contributed by atoms with Crippen molar-refractivity contribution in [2.75, 3.05) is 37.3 Å². The second-order valence-electron chi connectivity index (χ2n) is 7.36. The van der Waals surface area contributed by atoms with Gasteiger partial charge in [-0.25, -0.2) is 0 Å². The van der Waals surface area contributed by atoms with Gasteiger partial charge in [-0.2, -0.15) is 0 Å². The zero-order valence-electron chi connectivity index (χ0n) is 17.0. The third-order valence-corrected chi connectivity index (χ3v) is 4.70. The third kappa shape index (κ3) is 5.45. The van der Waals surface area contributed by atoms with Crippen LogP contribution in [0.3, 0.4) is 0 Å². The molecule has 4 N–H and O–H groups in total. The van der Waals surface area contributed by atoms with Crippen LogP contribution >= 0.6 is 0 Å². The molecule has 154 valence electrons. The highest BCUT2D eigenvalue weighted by Crippen LogP contribution is 2.21. The van der Waals surface area contributed by atoms with E-state index in [1.54, 1.807) is 29.4 Å². The molecule has 1 amide bonds. The van der Waals surface area contributed by atoms with Crippen LogP contribution in [0.5, 0.6) is 0 Å². The molecular weight excluding hydrogens is 368 g/mol. The molecule has 2 aromatic rings. The number of aromatic amines is 1. The number of carbonyl (C=O) groups is 1. The van der Waals surface area contributed by atoms with Crippen molar-refractivity contribution in [1.29, 1.82) is 0 Å². The van der Waals surface area contributed by atoms with Gasteiger partial charge in [-0.15, -0.1) is 0 Å². The number of carbonyl (C=O) groups excluding carboxylic acids is 1. The zero-order chi connectivity index (χ0) is 20.8. The first-order chi connectivity index (χ1) is 14.0. The normalized spacial score (nSPS) is 14.3. The number of nitrogens with one attached hydrogen (secondary N) is 4. The van der Waals surface area contributed by atoms with Crippen molar-refractivity contribution in [3.63, 3.8) is 0 Å². The third-order valence-electron chi connectivity index (χ3n) is 4.70. The van der Waals surface area contributed by atoms with Crippen LogP contribution in [-0.4, -0.2) is 59.5 Å². The van der Waals surface area contributed by atoms with E-state index in [1.807, 2.05) is 25.3 Å². The van der Waals surface area contributed by atoms with Crippen molar-refractivity contribution >= 4 is 17.3 Å². The Bertz CT molecular complexity index is 931. The van der Waals surface area contributed by atoms with Gasteiger partial charge in [0.2, 0.25) is 5.91 Å². The summed E-state index contributed by atoms with van der Waals surface area (Å²) in [6, 6.07) is 6.03. The Morgan fingerprint density at radius 2 is 2.17 bits per heavy atom. The van der Waals surface area contributed by atoms with Crippen LogP contribution in [0.25, 0.3) is 11.3 Å². The minimum Gasteiger partial charge on any atom is -0.388 e. The van der Waals surface area contributed by atoms with Crippen LogP contribution in [0.1, 0.15) is 13.8 Å². The van der Waals surface area contributed by atoms with Crippen LogP contribution in [0.4, 0.5) is 11.4 Å². The predicted octanol–water partition coefficient (Wildman–Crippen LogP) is 1.66. The Labute approximate surface area is 170 Å². The fourth-order valence-corrected chi connectivity index (χ4v) is 3.02. The molecule has 0 aromatic carbocycles. The quantitative estimate of drug-likeness (QED) is 0.506. The minimum absolute atomic E-state index is 0.00986. The fourth-order valence-electron chi connectivity index (χ4n) is 3.02. The zero-order valence-corrected chi connectivity index (χ0v) is 17.0. The highest BCUT2D eigenvalue weighted by atomic mass is 16.2. The molecule has 0 aliphatic carbocycles. The first-order valence-electron chi connectivity index (χ1n) is 9.78. The van der Waals surface area contributed by atoms with E-state index in [9.17, 15) is 9.59 Å². The molecule has 1 aliphatic rings. The first kappa shape index (κ1) is 20.6. The number of anilines is 2. The molecule has 0 spiro atoms. The van der Waals surface area contributed by atoms with Crippen molar-refractivity contribution < 1.29 is 4.79 Å². The molecule has 0 unspecified atom stereocenters. The van der Waals surface area contributed by atoms with Gasteiger partial charge < -0.3 is 25.8 Å². The number of aromatic nitrogens is 2. The van der Waals surface area contributed by atoms with Crippen molar-refractivity contribution in [3.8, 4) is 11.3 Å². The van der Waals surface area contributed by atoms with Crippen molar-refractivity contribution in [1.82, 2.24) is 20.2 Å². The Kier molecular flexibility index (Phi) is 6.66. The smallest absolute Gasteiger partial charge is 0.271 e. The van der Waals surface area contributed by atoms with Gasteiger partial charge in [-0.1, -0.05) is 19.9 Å². The summed E-state index contributed by atoms with van der Waals surface area (Å²) >= 11 is 0. The lowest BCUT2D eigenvalue weighted by atomic mass is 10.1. The van der Waals surface area contributed by atoms with E-state index in [2.05, 4.69) is 39.8 Å². The standard InChI is InChI=1S/C21H28N6O2/c1-14(2)23-7-4-5-20(28)27-12-17(13-27)26-19-9-15(11-25-21(19)29)18-10-16(22-3)6-8-24-18/h4-6,8-11,14,17,23,26H,7,12-13H2,1-3H3,(H,22,24)(H,25,29). The van der Waals surface area contributed by atoms with E-state index < -0.39 is 0 Å². The number of amides is 1. The second kappa shape index (κ2) is 9.38. The van der Waals surface area contributed by atoms with Crippen LogP contribution < -0.4 is 21.5 Å². The molecule has 1 aliphatic heterocycles. The Balaban J connectivity index is 1.58. The summed E-state index contributed by atoms with van der Waals surface area (Å²) < 4.78 is 0. The average molecular weight is 396 g/mol.